The summed E-state index contributed by atoms with van der Waals surface area (Å²) in [6, 6.07) is 35.0. The lowest BCUT2D eigenvalue weighted by Gasteiger charge is -2.19. The first-order valence-corrected chi connectivity index (χ1v) is 14.1. The number of aromatic hydroxyl groups is 1. The maximum absolute atomic E-state index is 10.8. The van der Waals surface area contributed by atoms with Gasteiger partial charge in [0.15, 0.2) is 0 Å². The molecule has 0 fully saturated rings. The number of phenols is 1. The molecule has 2 atom stereocenters. The van der Waals surface area contributed by atoms with Gasteiger partial charge in [-0.3, -0.25) is 4.79 Å². The Morgan fingerprint density at radius 2 is 1.35 bits per heavy atom. The van der Waals surface area contributed by atoms with E-state index in [0.29, 0.717) is 5.75 Å². The maximum atomic E-state index is 10.8. The molecule has 0 bridgehead atoms. The summed E-state index contributed by atoms with van der Waals surface area (Å²) in [5, 5.41) is 27.4. The van der Waals surface area contributed by atoms with Crippen molar-refractivity contribution in [1.82, 2.24) is 5.32 Å². The molecular weight excluding hydrogens is 494 g/mol. The van der Waals surface area contributed by atoms with Crippen molar-refractivity contribution in [3.05, 3.63) is 114 Å². The fourth-order valence-electron chi connectivity index (χ4n) is 5.37. The number of aryl methyl sites for hydroxylation is 1. The van der Waals surface area contributed by atoms with Gasteiger partial charge in [0.2, 0.25) is 0 Å². The van der Waals surface area contributed by atoms with Crippen LogP contribution in [0, 0.1) is 12.8 Å². The van der Waals surface area contributed by atoms with Crippen LogP contribution >= 0.6 is 0 Å². The quantitative estimate of drug-likeness (QED) is 0.177. The molecule has 0 aliphatic carbocycles. The normalized spacial score (nSPS) is 12.5. The highest BCUT2D eigenvalue weighted by Crippen LogP contribution is 2.41. The van der Waals surface area contributed by atoms with Gasteiger partial charge in [-0.15, -0.1) is 0 Å². The summed E-state index contributed by atoms with van der Waals surface area (Å²) in [4.78, 5) is 10.8. The lowest BCUT2D eigenvalue weighted by Crippen LogP contribution is -2.27. The molecule has 0 spiro atoms. The molecule has 0 heterocycles. The van der Waals surface area contributed by atoms with Crippen molar-refractivity contribution in [2.75, 3.05) is 6.54 Å². The number of benzene rings is 5. The Hall–Kier alpha value is -4.15. The molecule has 0 saturated carbocycles. The molecule has 0 saturated heterocycles. The monoisotopic (exact) mass is 533 g/mol. The number of rotatable bonds is 9. The highest BCUT2D eigenvalue weighted by atomic mass is 16.4. The van der Waals surface area contributed by atoms with Crippen LogP contribution in [0.1, 0.15) is 50.3 Å². The lowest BCUT2D eigenvalue weighted by atomic mass is 9.90. The number of phenolic OH excluding ortho intramolecular Hbond substituents is 1. The van der Waals surface area contributed by atoms with Crippen LogP contribution in [0.25, 0.3) is 32.7 Å². The van der Waals surface area contributed by atoms with Gasteiger partial charge in [0.05, 0.1) is 0 Å². The van der Waals surface area contributed by atoms with Crippen molar-refractivity contribution < 1.29 is 15.0 Å². The average molecular weight is 534 g/mol. The van der Waals surface area contributed by atoms with Crippen LogP contribution in [0.5, 0.6) is 5.75 Å². The number of hydrogen-bond donors (Lipinski definition) is 3. The summed E-state index contributed by atoms with van der Waals surface area (Å²) >= 11 is 0. The van der Waals surface area contributed by atoms with E-state index in [0.717, 1.165) is 41.3 Å². The Morgan fingerprint density at radius 3 is 1.98 bits per heavy atom. The number of carboxylic acids is 1. The van der Waals surface area contributed by atoms with E-state index in [1.165, 1.54) is 21.9 Å². The Morgan fingerprint density at radius 1 is 0.775 bits per heavy atom. The Labute approximate surface area is 237 Å². The Balaban J connectivity index is 0.000000190. The first-order valence-electron chi connectivity index (χ1n) is 14.1. The topological polar surface area (TPSA) is 69.6 Å². The van der Waals surface area contributed by atoms with Crippen molar-refractivity contribution >= 4 is 27.5 Å². The van der Waals surface area contributed by atoms with E-state index in [4.69, 9.17) is 5.11 Å². The predicted octanol–water partition coefficient (Wildman–Crippen LogP) is 8.90. The Kier molecular flexibility index (Phi) is 9.93. The number of hydrogen-bond acceptors (Lipinski definition) is 3. The van der Waals surface area contributed by atoms with Gasteiger partial charge in [-0.25, -0.2) is 0 Å². The van der Waals surface area contributed by atoms with Gasteiger partial charge in [0, 0.05) is 18.0 Å². The molecule has 5 aromatic carbocycles. The third-order valence-electron chi connectivity index (χ3n) is 7.47. The molecule has 5 aromatic rings. The number of fused-ring (bicyclic) bond motifs is 2. The van der Waals surface area contributed by atoms with E-state index in [1.54, 1.807) is 6.07 Å². The van der Waals surface area contributed by atoms with Crippen LogP contribution in [0.3, 0.4) is 0 Å². The highest BCUT2D eigenvalue weighted by Gasteiger charge is 2.15. The fourth-order valence-corrected chi connectivity index (χ4v) is 5.37. The molecule has 206 valence electrons. The zero-order valence-electron chi connectivity index (χ0n) is 23.6. The molecule has 0 aromatic heterocycles. The molecule has 0 aliphatic rings. The minimum Gasteiger partial charge on any atom is -0.507 e. The van der Waals surface area contributed by atoms with E-state index in [-0.39, 0.29) is 18.4 Å². The first-order chi connectivity index (χ1) is 19.4. The second-order valence-electron chi connectivity index (χ2n) is 10.5. The minimum atomic E-state index is -0.706. The highest BCUT2D eigenvalue weighted by molar-refractivity contribution is 6.08. The predicted molar refractivity (Wildman–Crippen MR) is 167 cm³/mol. The molecule has 0 radical (unpaired) electrons. The summed E-state index contributed by atoms with van der Waals surface area (Å²) in [6.45, 7) is 7.06. The standard InChI is InChI=1S/C21H16O.C15H23NO2/c1-14-10-11-15-6-2-4-8-17(15)20(14)21-18-9-5-3-7-16(18)12-13-19(21)22;1-3-7-13(10-15(17)18)11-16-12(2)14-8-5-4-6-9-14/h2-13,22H,1H3;4-6,8-9,12-13,16H,3,7,10-11H2,1-2H3,(H,17,18)/t;12-,13+/m.0/s1. The molecule has 4 nitrogen and oxygen atoms in total. The van der Waals surface area contributed by atoms with Gasteiger partial charge < -0.3 is 15.5 Å². The minimum absolute atomic E-state index is 0.221. The molecule has 3 N–H and O–H groups in total. The van der Waals surface area contributed by atoms with Gasteiger partial charge >= 0.3 is 5.97 Å². The van der Waals surface area contributed by atoms with Gasteiger partial charge in [-0.05, 0) is 77.0 Å². The summed E-state index contributed by atoms with van der Waals surface area (Å²) in [5.41, 5.74) is 4.45. The summed E-state index contributed by atoms with van der Waals surface area (Å²) in [6.07, 6.45) is 2.24. The third kappa shape index (κ3) is 7.08. The van der Waals surface area contributed by atoms with Crippen molar-refractivity contribution in [3.63, 3.8) is 0 Å². The number of carbonyl (C=O) groups is 1. The van der Waals surface area contributed by atoms with Crippen LogP contribution in [-0.4, -0.2) is 22.7 Å². The van der Waals surface area contributed by atoms with Crippen molar-refractivity contribution in [2.24, 2.45) is 5.92 Å². The van der Waals surface area contributed by atoms with Gasteiger partial charge in [-0.2, -0.15) is 0 Å². The molecule has 0 aliphatic heterocycles. The van der Waals surface area contributed by atoms with E-state index in [9.17, 15) is 9.90 Å². The second-order valence-corrected chi connectivity index (χ2v) is 10.5. The van der Waals surface area contributed by atoms with Crippen LogP contribution in [0.4, 0.5) is 0 Å². The molecule has 5 rings (SSSR count). The zero-order chi connectivity index (χ0) is 28.5. The first kappa shape index (κ1) is 28.8. The number of nitrogens with one attached hydrogen (secondary N) is 1. The average Bonchev–Trinajstić information content (AvgIpc) is 2.97. The molecule has 4 heteroatoms. The van der Waals surface area contributed by atoms with Crippen molar-refractivity contribution in [3.8, 4) is 16.9 Å². The van der Waals surface area contributed by atoms with Crippen LogP contribution in [0.2, 0.25) is 0 Å². The van der Waals surface area contributed by atoms with E-state index >= 15 is 0 Å². The fraction of sp³-hybridized carbons (Fsp3) is 0.250. The van der Waals surface area contributed by atoms with Crippen molar-refractivity contribution in [1.29, 1.82) is 0 Å². The second kappa shape index (κ2) is 13.8. The molecular formula is C36H39NO3. The van der Waals surface area contributed by atoms with Crippen LogP contribution in [-0.2, 0) is 4.79 Å². The molecule has 0 amide bonds. The van der Waals surface area contributed by atoms with Crippen LogP contribution < -0.4 is 5.32 Å². The lowest BCUT2D eigenvalue weighted by molar-refractivity contribution is -0.138. The SMILES string of the molecule is CCC[C@@H](CN[C@@H](C)c1ccccc1)CC(=O)O.Cc1ccc2ccccc2c1-c1c(O)ccc2ccccc12. The maximum Gasteiger partial charge on any atom is 0.303 e. The summed E-state index contributed by atoms with van der Waals surface area (Å²) < 4.78 is 0. The van der Waals surface area contributed by atoms with E-state index < -0.39 is 5.97 Å². The Bertz CT molecular complexity index is 1480. The van der Waals surface area contributed by atoms with Gasteiger partial charge in [0.1, 0.15) is 5.75 Å². The molecule has 0 unspecified atom stereocenters. The number of carboxylic acid groups (broad SMARTS) is 1. The summed E-state index contributed by atoms with van der Waals surface area (Å²) in [5.74, 6) is -0.153. The van der Waals surface area contributed by atoms with Gasteiger partial charge in [0.25, 0.3) is 0 Å². The third-order valence-corrected chi connectivity index (χ3v) is 7.47. The zero-order valence-corrected chi connectivity index (χ0v) is 23.6. The summed E-state index contributed by atoms with van der Waals surface area (Å²) in [7, 11) is 0. The van der Waals surface area contributed by atoms with Crippen LogP contribution in [0.15, 0.2) is 103 Å². The van der Waals surface area contributed by atoms with E-state index in [2.05, 4.69) is 74.6 Å². The number of aliphatic carboxylic acids is 1. The molecule has 40 heavy (non-hydrogen) atoms. The van der Waals surface area contributed by atoms with Crippen molar-refractivity contribution in [2.45, 2.75) is 46.1 Å². The van der Waals surface area contributed by atoms with E-state index in [1.807, 2.05) is 48.5 Å². The largest absolute Gasteiger partial charge is 0.507 e. The smallest absolute Gasteiger partial charge is 0.303 e. The van der Waals surface area contributed by atoms with Gasteiger partial charge in [-0.1, -0.05) is 110 Å².